The molecule has 2 aliphatic rings. The monoisotopic (exact) mass is 367 g/mol. The van der Waals surface area contributed by atoms with Gasteiger partial charge in [0.2, 0.25) is 0 Å². The molecule has 144 valence electrons. The number of amides is 1. The van der Waals surface area contributed by atoms with E-state index in [9.17, 15) is 4.79 Å². The smallest absolute Gasteiger partial charge is 0.254 e. The van der Waals surface area contributed by atoms with Crippen LogP contribution in [0.5, 0.6) is 0 Å². The highest BCUT2D eigenvalue weighted by Gasteiger charge is 2.26. The first kappa shape index (κ1) is 18.4. The molecule has 0 N–H and O–H groups in total. The van der Waals surface area contributed by atoms with Gasteiger partial charge in [0.25, 0.3) is 5.91 Å². The molecular formula is C22H29N3O2. The molecule has 0 unspecified atom stereocenters. The molecule has 1 amide bonds. The lowest BCUT2D eigenvalue weighted by Crippen LogP contribution is -2.50. The number of pyridine rings is 1. The molecule has 27 heavy (non-hydrogen) atoms. The number of benzene rings is 1. The maximum absolute atomic E-state index is 13.3. The number of carbonyl (C=O) groups excluding carboxylic acids is 1. The Morgan fingerprint density at radius 3 is 2.63 bits per heavy atom. The van der Waals surface area contributed by atoms with Gasteiger partial charge in [0, 0.05) is 50.4 Å². The maximum atomic E-state index is 13.3. The third-order valence-electron chi connectivity index (χ3n) is 5.75. The van der Waals surface area contributed by atoms with E-state index in [1.54, 1.807) is 0 Å². The van der Waals surface area contributed by atoms with Gasteiger partial charge in [0.05, 0.1) is 17.2 Å². The van der Waals surface area contributed by atoms with Gasteiger partial charge in [-0.15, -0.1) is 0 Å². The summed E-state index contributed by atoms with van der Waals surface area (Å²) in [6, 6.07) is 6.17. The molecule has 0 bridgehead atoms. The molecular weight excluding hydrogens is 338 g/mol. The molecule has 2 saturated heterocycles. The van der Waals surface area contributed by atoms with Crippen molar-refractivity contribution in [2.24, 2.45) is 0 Å². The van der Waals surface area contributed by atoms with Crippen molar-refractivity contribution in [2.45, 2.75) is 39.7 Å². The first-order valence-corrected chi connectivity index (χ1v) is 10.0. The summed E-state index contributed by atoms with van der Waals surface area (Å²) >= 11 is 0. The van der Waals surface area contributed by atoms with Gasteiger partial charge in [-0.2, -0.15) is 0 Å². The minimum absolute atomic E-state index is 0.132. The second-order valence-corrected chi connectivity index (χ2v) is 8.02. The van der Waals surface area contributed by atoms with Crippen LogP contribution in [0.4, 0.5) is 0 Å². The van der Waals surface area contributed by atoms with Gasteiger partial charge in [-0.25, -0.2) is 0 Å². The minimum Gasteiger partial charge on any atom is -0.377 e. The van der Waals surface area contributed by atoms with Gasteiger partial charge in [0.1, 0.15) is 0 Å². The molecule has 1 aromatic carbocycles. The normalized spacial score (nSPS) is 21.1. The number of ether oxygens (including phenoxy) is 1. The second kappa shape index (κ2) is 7.56. The zero-order valence-electron chi connectivity index (χ0n) is 16.6. The lowest BCUT2D eigenvalue weighted by Gasteiger charge is -2.36. The van der Waals surface area contributed by atoms with Gasteiger partial charge in [-0.05, 0) is 51.3 Å². The van der Waals surface area contributed by atoms with Crippen molar-refractivity contribution >= 4 is 16.8 Å². The Kier molecular flexibility index (Phi) is 5.15. The van der Waals surface area contributed by atoms with E-state index in [4.69, 9.17) is 4.74 Å². The highest BCUT2D eigenvalue weighted by Crippen LogP contribution is 2.25. The third kappa shape index (κ3) is 3.85. The van der Waals surface area contributed by atoms with Crippen LogP contribution in [0.15, 0.2) is 18.2 Å². The maximum Gasteiger partial charge on any atom is 0.254 e. The Balaban J connectivity index is 1.52. The number of fused-ring (bicyclic) bond motifs is 1. The molecule has 0 radical (unpaired) electrons. The van der Waals surface area contributed by atoms with Crippen LogP contribution in [0.3, 0.4) is 0 Å². The average Bonchev–Trinajstić information content (AvgIpc) is 3.15. The van der Waals surface area contributed by atoms with E-state index < -0.39 is 0 Å². The fourth-order valence-electron chi connectivity index (χ4n) is 4.37. The fourth-order valence-corrected chi connectivity index (χ4v) is 4.37. The quantitative estimate of drug-likeness (QED) is 0.836. The molecule has 2 aromatic rings. The van der Waals surface area contributed by atoms with Crippen LogP contribution < -0.4 is 0 Å². The van der Waals surface area contributed by atoms with Crippen molar-refractivity contribution in [3.63, 3.8) is 0 Å². The zero-order valence-corrected chi connectivity index (χ0v) is 16.6. The Morgan fingerprint density at radius 1 is 1.15 bits per heavy atom. The van der Waals surface area contributed by atoms with E-state index in [1.807, 2.05) is 17.9 Å². The van der Waals surface area contributed by atoms with Crippen molar-refractivity contribution in [3.05, 3.63) is 40.6 Å². The van der Waals surface area contributed by atoms with E-state index in [1.165, 1.54) is 18.4 Å². The number of aryl methyl sites for hydroxylation is 3. The highest BCUT2D eigenvalue weighted by molar-refractivity contribution is 6.07. The summed E-state index contributed by atoms with van der Waals surface area (Å²) in [5.74, 6) is 0.132. The van der Waals surface area contributed by atoms with Crippen LogP contribution >= 0.6 is 0 Å². The minimum atomic E-state index is 0.132. The van der Waals surface area contributed by atoms with Crippen molar-refractivity contribution in [1.29, 1.82) is 0 Å². The number of aromatic nitrogens is 1. The second-order valence-electron chi connectivity index (χ2n) is 8.02. The lowest BCUT2D eigenvalue weighted by molar-refractivity contribution is 0.0433. The third-order valence-corrected chi connectivity index (χ3v) is 5.75. The van der Waals surface area contributed by atoms with E-state index in [0.717, 1.165) is 67.1 Å². The summed E-state index contributed by atoms with van der Waals surface area (Å²) < 4.78 is 5.75. The summed E-state index contributed by atoms with van der Waals surface area (Å²) in [5.41, 5.74) is 4.93. The van der Waals surface area contributed by atoms with Crippen LogP contribution in [0.1, 0.15) is 40.0 Å². The van der Waals surface area contributed by atoms with Crippen LogP contribution in [-0.2, 0) is 4.74 Å². The highest BCUT2D eigenvalue weighted by atomic mass is 16.5. The molecule has 5 heteroatoms. The molecule has 4 rings (SSSR count). The molecule has 1 atom stereocenters. The Labute approximate surface area is 161 Å². The number of rotatable bonds is 3. The first-order valence-electron chi connectivity index (χ1n) is 10.0. The van der Waals surface area contributed by atoms with Crippen molar-refractivity contribution < 1.29 is 9.53 Å². The van der Waals surface area contributed by atoms with E-state index >= 15 is 0 Å². The fraction of sp³-hybridized carbons (Fsp3) is 0.545. The SMILES string of the molecule is Cc1cc(C)c2nc(C)cc(C(=O)N3CCN(C[C@@H]4CCCO4)CC3)c2c1. The Bertz CT molecular complexity index is 850. The molecule has 0 spiro atoms. The van der Waals surface area contributed by atoms with Gasteiger partial charge < -0.3 is 9.64 Å². The lowest BCUT2D eigenvalue weighted by atomic mass is 10.0. The molecule has 3 heterocycles. The molecule has 5 nitrogen and oxygen atoms in total. The summed E-state index contributed by atoms with van der Waals surface area (Å²) in [6.07, 6.45) is 2.72. The number of hydrogen-bond donors (Lipinski definition) is 0. The van der Waals surface area contributed by atoms with Gasteiger partial charge in [-0.1, -0.05) is 11.6 Å². The molecule has 2 fully saturated rings. The van der Waals surface area contributed by atoms with E-state index in [2.05, 4.69) is 35.9 Å². The summed E-state index contributed by atoms with van der Waals surface area (Å²) in [5, 5.41) is 0.977. The topological polar surface area (TPSA) is 45.7 Å². The summed E-state index contributed by atoms with van der Waals surface area (Å²) in [4.78, 5) is 22.4. The van der Waals surface area contributed by atoms with Crippen LogP contribution in [0, 0.1) is 20.8 Å². The Hall–Kier alpha value is -1.98. The summed E-state index contributed by atoms with van der Waals surface area (Å²) in [6.45, 7) is 11.4. The number of hydrogen-bond acceptors (Lipinski definition) is 4. The van der Waals surface area contributed by atoms with Crippen molar-refractivity contribution in [3.8, 4) is 0 Å². The van der Waals surface area contributed by atoms with Crippen LogP contribution in [0.2, 0.25) is 0 Å². The predicted molar refractivity (Wildman–Crippen MR) is 107 cm³/mol. The molecule has 1 aromatic heterocycles. The van der Waals surface area contributed by atoms with Crippen LogP contribution in [0.25, 0.3) is 10.9 Å². The number of piperazine rings is 1. The first-order chi connectivity index (χ1) is 13.0. The van der Waals surface area contributed by atoms with Crippen LogP contribution in [-0.4, -0.2) is 66.1 Å². The average molecular weight is 367 g/mol. The molecule has 0 saturated carbocycles. The van der Waals surface area contributed by atoms with E-state index in [-0.39, 0.29) is 5.91 Å². The van der Waals surface area contributed by atoms with Crippen molar-refractivity contribution in [1.82, 2.24) is 14.8 Å². The van der Waals surface area contributed by atoms with Gasteiger partial charge >= 0.3 is 0 Å². The number of carbonyl (C=O) groups is 1. The van der Waals surface area contributed by atoms with Gasteiger partial charge in [-0.3, -0.25) is 14.7 Å². The standard InChI is InChI=1S/C22H29N3O2/c1-15-11-16(2)21-19(12-15)20(13-17(3)23-21)22(26)25-8-6-24(7-9-25)14-18-5-4-10-27-18/h11-13,18H,4-10,14H2,1-3H3/t18-/m0/s1. The predicted octanol–water partition coefficient (Wildman–Crippen LogP) is 3.10. The van der Waals surface area contributed by atoms with Crippen molar-refractivity contribution in [2.75, 3.05) is 39.3 Å². The zero-order chi connectivity index (χ0) is 19.0. The molecule has 0 aliphatic carbocycles. The molecule has 2 aliphatic heterocycles. The summed E-state index contributed by atoms with van der Waals surface area (Å²) in [7, 11) is 0. The van der Waals surface area contributed by atoms with Gasteiger partial charge in [0.15, 0.2) is 0 Å². The number of nitrogens with zero attached hydrogens (tertiary/aromatic N) is 3. The largest absolute Gasteiger partial charge is 0.377 e. The van der Waals surface area contributed by atoms with E-state index in [0.29, 0.717) is 6.10 Å². The Morgan fingerprint density at radius 2 is 1.93 bits per heavy atom.